The number of anilines is 1. The number of nitrogens with one attached hydrogen (secondary N) is 1. The Morgan fingerprint density at radius 2 is 2.25 bits per heavy atom. The normalized spacial score (nSPS) is 18.2. The Kier molecular flexibility index (Phi) is 2.83. The molecule has 2 N–H and O–H groups in total. The number of carbonyl (C=O) groups is 1. The molecule has 1 aromatic rings. The summed E-state index contributed by atoms with van der Waals surface area (Å²) in [6.07, 6.45) is 0.450. The Morgan fingerprint density at radius 1 is 1.50 bits per heavy atom. The van der Waals surface area contributed by atoms with E-state index in [1.54, 1.807) is 7.11 Å². The summed E-state index contributed by atoms with van der Waals surface area (Å²) >= 11 is 0. The van der Waals surface area contributed by atoms with E-state index in [4.69, 9.17) is 9.84 Å². The Hall–Kier alpha value is -1.55. The first-order valence-electron chi connectivity index (χ1n) is 5.27. The predicted octanol–water partition coefficient (Wildman–Crippen LogP) is 1.42. The third-order valence-corrected chi connectivity index (χ3v) is 2.93. The Balaban J connectivity index is 2.46. The van der Waals surface area contributed by atoms with Crippen molar-refractivity contribution in [2.45, 2.75) is 19.3 Å². The van der Waals surface area contributed by atoms with Crippen LogP contribution in [-0.4, -0.2) is 24.7 Å². The van der Waals surface area contributed by atoms with E-state index in [1.807, 2.05) is 19.1 Å². The third-order valence-electron chi connectivity index (χ3n) is 2.93. The molecule has 86 valence electrons. The average Bonchev–Trinajstić information content (AvgIpc) is 2.58. The number of aryl methyl sites for hydroxylation is 1. The van der Waals surface area contributed by atoms with Gasteiger partial charge in [-0.25, -0.2) is 0 Å². The van der Waals surface area contributed by atoms with Gasteiger partial charge >= 0.3 is 0 Å². The van der Waals surface area contributed by atoms with Crippen molar-refractivity contribution in [1.82, 2.24) is 0 Å². The van der Waals surface area contributed by atoms with Crippen LogP contribution in [0.5, 0.6) is 5.75 Å². The maximum absolute atomic E-state index is 11.7. The quantitative estimate of drug-likeness (QED) is 0.811. The molecule has 0 bridgehead atoms. The molecule has 4 nitrogen and oxygen atoms in total. The lowest BCUT2D eigenvalue weighted by atomic mass is 9.96. The van der Waals surface area contributed by atoms with Crippen LogP contribution in [0, 0.1) is 6.92 Å². The molecule has 1 aromatic carbocycles. The first kappa shape index (κ1) is 11.0. The van der Waals surface area contributed by atoms with Crippen molar-refractivity contribution in [3.05, 3.63) is 23.3 Å². The molecule has 0 saturated carbocycles. The minimum absolute atomic E-state index is 0.00772. The highest BCUT2D eigenvalue weighted by molar-refractivity contribution is 6.03. The number of rotatable bonds is 3. The first-order valence-corrected chi connectivity index (χ1v) is 5.27. The fourth-order valence-corrected chi connectivity index (χ4v) is 2.11. The van der Waals surface area contributed by atoms with E-state index in [1.165, 1.54) is 0 Å². The van der Waals surface area contributed by atoms with Gasteiger partial charge in [-0.3, -0.25) is 4.79 Å². The Labute approximate surface area is 94.2 Å². The molecule has 1 amide bonds. The lowest BCUT2D eigenvalue weighted by Gasteiger charge is -2.09. The molecule has 1 heterocycles. The van der Waals surface area contributed by atoms with Gasteiger partial charge in [0.1, 0.15) is 5.75 Å². The van der Waals surface area contributed by atoms with E-state index in [0.717, 1.165) is 22.6 Å². The van der Waals surface area contributed by atoms with Gasteiger partial charge in [-0.2, -0.15) is 0 Å². The second-order valence-corrected chi connectivity index (χ2v) is 3.96. The van der Waals surface area contributed by atoms with Gasteiger partial charge in [-0.05, 0) is 36.6 Å². The van der Waals surface area contributed by atoms with Crippen molar-refractivity contribution < 1.29 is 14.6 Å². The van der Waals surface area contributed by atoms with Gasteiger partial charge < -0.3 is 15.2 Å². The smallest absolute Gasteiger partial charge is 0.232 e. The fourth-order valence-electron chi connectivity index (χ4n) is 2.11. The summed E-state index contributed by atoms with van der Waals surface area (Å²) in [5.74, 6) is 0.449. The van der Waals surface area contributed by atoms with Crippen LogP contribution in [0.25, 0.3) is 0 Å². The minimum Gasteiger partial charge on any atom is -0.497 e. The average molecular weight is 221 g/mol. The Bertz CT molecular complexity index is 429. The number of benzene rings is 1. The fraction of sp³-hybridized carbons (Fsp3) is 0.417. The second kappa shape index (κ2) is 4.14. The number of hydrogen-bond acceptors (Lipinski definition) is 3. The largest absolute Gasteiger partial charge is 0.497 e. The summed E-state index contributed by atoms with van der Waals surface area (Å²) in [5, 5.41) is 11.8. The molecule has 0 spiro atoms. The number of methoxy groups -OCH3 is 1. The zero-order valence-corrected chi connectivity index (χ0v) is 9.41. The highest BCUT2D eigenvalue weighted by Crippen LogP contribution is 2.39. The van der Waals surface area contributed by atoms with E-state index in [0.29, 0.717) is 6.42 Å². The van der Waals surface area contributed by atoms with Crippen molar-refractivity contribution in [3.8, 4) is 5.75 Å². The van der Waals surface area contributed by atoms with Crippen LogP contribution in [0.3, 0.4) is 0 Å². The number of amides is 1. The summed E-state index contributed by atoms with van der Waals surface area (Å²) < 4.78 is 5.18. The highest BCUT2D eigenvalue weighted by atomic mass is 16.5. The van der Waals surface area contributed by atoms with Crippen molar-refractivity contribution in [2.24, 2.45) is 0 Å². The number of hydrogen-bond donors (Lipinski definition) is 2. The summed E-state index contributed by atoms with van der Waals surface area (Å²) in [7, 11) is 1.60. The lowest BCUT2D eigenvalue weighted by Crippen LogP contribution is -2.13. The minimum atomic E-state index is -0.256. The molecule has 0 fully saturated rings. The number of fused-ring (bicyclic) bond motifs is 1. The number of ether oxygens (including phenoxy) is 1. The van der Waals surface area contributed by atoms with Gasteiger partial charge in [0.25, 0.3) is 0 Å². The van der Waals surface area contributed by atoms with E-state index >= 15 is 0 Å². The number of aliphatic hydroxyl groups excluding tert-OH is 1. The van der Waals surface area contributed by atoms with Crippen molar-refractivity contribution in [3.63, 3.8) is 0 Å². The van der Waals surface area contributed by atoms with Gasteiger partial charge in [-0.1, -0.05) is 0 Å². The van der Waals surface area contributed by atoms with Crippen molar-refractivity contribution in [2.75, 3.05) is 19.0 Å². The van der Waals surface area contributed by atoms with Crippen LogP contribution < -0.4 is 10.1 Å². The zero-order chi connectivity index (χ0) is 11.7. The molecule has 0 saturated heterocycles. The molecule has 1 atom stereocenters. The predicted molar refractivity (Wildman–Crippen MR) is 60.8 cm³/mol. The van der Waals surface area contributed by atoms with Gasteiger partial charge in [0, 0.05) is 12.3 Å². The molecule has 16 heavy (non-hydrogen) atoms. The summed E-state index contributed by atoms with van der Waals surface area (Å²) in [6.45, 7) is 1.94. The van der Waals surface area contributed by atoms with E-state index < -0.39 is 0 Å². The molecule has 0 aliphatic carbocycles. The van der Waals surface area contributed by atoms with Gasteiger partial charge in [0.15, 0.2) is 0 Å². The van der Waals surface area contributed by atoms with Crippen LogP contribution in [0.2, 0.25) is 0 Å². The third kappa shape index (κ3) is 1.65. The van der Waals surface area contributed by atoms with Gasteiger partial charge in [-0.15, -0.1) is 0 Å². The molecule has 1 unspecified atom stereocenters. The molecule has 4 heteroatoms. The maximum Gasteiger partial charge on any atom is 0.232 e. The molecular formula is C12H15NO3. The SMILES string of the molecule is COc1cc(C)c2c(c1)C(CCO)C(=O)N2. The number of carbonyl (C=O) groups excluding carboxylic acids is 1. The van der Waals surface area contributed by atoms with Gasteiger partial charge in [0.05, 0.1) is 13.0 Å². The maximum atomic E-state index is 11.7. The molecule has 0 radical (unpaired) electrons. The molecule has 1 aliphatic rings. The van der Waals surface area contributed by atoms with E-state index in [2.05, 4.69) is 5.32 Å². The van der Waals surface area contributed by atoms with Crippen molar-refractivity contribution in [1.29, 1.82) is 0 Å². The van der Waals surface area contributed by atoms with Crippen LogP contribution in [0.1, 0.15) is 23.5 Å². The summed E-state index contributed by atoms with van der Waals surface area (Å²) in [4.78, 5) is 11.7. The zero-order valence-electron chi connectivity index (χ0n) is 9.41. The van der Waals surface area contributed by atoms with E-state index in [9.17, 15) is 4.79 Å². The van der Waals surface area contributed by atoms with Crippen LogP contribution in [-0.2, 0) is 4.79 Å². The molecular weight excluding hydrogens is 206 g/mol. The standard InChI is InChI=1S/C12H15NO3/c1-7-5-8(16-2)6-10-9(3-4-14)12(15)13-11(7)10/h5-6,9,14H,3-4H2,1-2H3,(H,13,15). The summed E-state index contributed by atoms with van der Waals surface area (Å²) in [6, 6.07) is 3.75. The van der Waals surface area contributed by atoms with E-state index in [-0.39, 0.29) is 18.4 Å². The topological polar surface area (TPSA) is 58.6 Å². The van der Waals surface area contributed by atoms with Crippen molar-refractivity contribution >= 4 is 11.6 Å². The Morgan fingerprint density at radius 3 is 2.88 bits per heavy atom. The monoisotopic (exact) mass is 221 g/mol. The van der Waals surface area contributed by atoms with Crippen LogP contribution in [0.4, 0.5) is 5.69 Å². The highest BCUT2D eigenvalue weighted by Gasteiger charge is 2.31. The molecule has 2 rings (SSSR count). The molecule has 0 aromatic heterocycles. The lowest BCUT2D eigenvalue weighted by molar-refractivity contribution is -0.117. The first-order chi connectivity index (χ1) is 7.67. The second-order valence-electron chi connectivity index (χ2n) is 3.96. The molecule has 1 aliphatic heterocycles. The summed E-state index contributed by atoms with van der Waals surface area (Å²) in [5.41, 5.74) is 2.78. The number of aliphatic hydroxyl groups is 1. The van der Waals surface area contributed by atoms with Gasteiger partial charge in [0.2, 0.25) is 5.91 Å². The van der Waals surface area contributed by atoms with Crippen LogP contribution in [0.15, 0.2) is 12.1 Å². The van der Waals surface area contributed by atoms with Crippen LogP contribution >= 0.6 is 0 Å².